The van der Waals surface area contributed by atoms with Crippen LogP contribution in [0.25, 0.3) is 0 Å². The highest BCUT2D eigenvalue weighted by molar-refractivity contribution is 8.00. The molecule has 0 bridgehead atoms. The van der Waals surface area contributed by atoms with Crippen LogP contribution < -0.4 is 0 Å². The lowest BCUT2D eigenvalue weighted by Gasteiger charge is -2.18. The molecule has 0 aliphatic carbocycles. The van der Waals surface area contributed by atoms with Crippen molar-refractivity contribution >= 4 is 16.0 Å². The number of benzene rings is 1. The second-order valence-corrected chi connectivity index (χ2v) is 6.10. The highest BCUT2D eigenvalue weighted by atomic mass is 32.2. The third kappa shape index (κ3) is 3.60. The van der Waals surface area contributed by atoms with Gasteiger partial charge < -0.3 is 4.90 Å². The highest BCUT2D eigenvalue weighted by Gasteiger charge is 2.37. The number of alkyl halides is 6. The molecule has 1 aromatic carbocycles. The normalized spacial score (nSPS) is 19.8. The summed E-state index contributed by atoms with van der Waals surface area (Å²) in [6, 6.07) is 1.14. The van der Waals surface area contributed by atoms with Crippen LogP contribution >= 0.6 is 0 Å². The van der Waals surface area contributed by atoms with Crippen molar-refractivity contribution in [2.75, 3.05) is 12.3 Å². The summed E-state index contributed by atoms with van der Waals surface area (Å²) in [6.07, 6.45) is -9.87. The SMILES string of the molecule is O=C1N(Cc2cc(C(F)(F)F)cc(C(F)(F)F)c2)CCS1=O. The zero-order chi connectivity index (χ0) is 16.7. The molecule has 0 spiro atoms. The number of rotatable bonds is 2. The van der Waals surface area contributed by atoms with Gasteiger partial charge in [-0.3, -0.25) is 4.79 Å². The van der Waals surface area contributed by atoms with Crippen molar-refractivity contribution in [2.45, 2.75) is 18.9 Å². The number of hydrogen-bond donors (Lipinski definition) is 0. The first kappa shape index (κ1) is 16.8. The van der Waals surface area contributed by atoms with Crippen LogP contribution in [0.4, 0.5) is 31.1 Å². The van der Waals surface area contributed by atoms with Crippen LogP contribution in [0, 0.1) is 0 Å². The van der Waals surface area contributed by atoms with E-state index < -0.39 is 46.1 Å². The van der Waals surface area contributed by atoms with Gasteiger partial charge in [-0.1, -0.05) is 0 Å². The fourth-order valence-corrected chi connectivity index (χ4v) is 2.99. The second-order valence-electron chi connectivity index (χ2n) is 4.65. The molecule has 22 heavy (non-hydrogen) atoms. The molecule has 1 unspecified atom stereocenters. The van der Waals surface area contributed by atoms with Gasteiger partial charge in [0, 0.05) is 13.1 Å². The van der Waals surface area contributed by atoms with Gasteiger partial charge in [0.2, 0.25) is 0 Å². The van der Waals surface area contributed by atoms with Crippen molar-refractivity contribution in [3.8, 4) is 0 Å². The van der Waals surface area contributed by atoms with Gasteiger partial charge in [0.1, 0.15) is 10.8 Å². The van der Waals surface area contributed by atoms with E-state index in [1.165, 1.54) is 0 Å². The topological polar surface area (TPSA) is 37.4 Å². The maximum absolute atomic E-state index is 12.7. The summed E-state index contributed by atoms with van der Waals surface area (Å²) >= 11 is 0. The van der Waals surface area contributed by atoms with Crippen molar-refractivity contribution in [3.05, 3.63) is 34.9 Å². The number of amides is 1. The second kappa shape index (κ2) is 5.56. The average molecular weight is 345 g/mol. The Bertz CT molecular complexity index is 593. The molecule has 122 valence electrons. The minimum absolute atomic E-state index is 0.0178. The van der Waals surface area contributed by atoms with Crippen LogP contribution in [0.5, 0.6) is 0 Å². The summed E-state index contributed by atoms with van der Waals surface area (Å²) in [6.45, 7) is -0.416. The number of carbonyl (C=O) groups excluding carboxylic acids is 1. The Morgan fingerprint density at radius 2 is 1.50 bits per heavy atom. The van der Waals surface area contributed by atoms with Gasteiger partial charge in [-0.25, -0.2) is 4.21 Å². The molecule has 0 N–H and O–H groups in total. The van der Waals surface area contributed by atoms with Crippen LogP contribution in [-0.2, 0) is 29.7 Å². The van der Waals surface area contributed by atoms with E-state index in [0.29, 0.717) is 12.1 Å². The molecule has 0 aromatic heterocycles. The van der Waals surface area contributed by atoms with E-state index >= 15 is 0 Å². The molecule has 1 aromatic rings. The van der Waals surface area contributed by atoms with E-state index in [9.17, 15) is 35.3 Å². The standard InChI is InChI=1S/C12H9F6NO2S/c13-11(14,15)8-3-7(4-9(5-8)12(16,17)18)6-19-1-2-22(21)10(19)20/h3-5H,1-2,6H2. The van der Waals surface area contributed by atoms with Crippen LogP contribution in [0.15, 0.2) is 18.2 Å². The van der Waals surface area contributed by atoms with Crippen LogP contribution in [-0.4, -0.2) is 26.6 Å². The monoisotopic (exact) mass is 345 g/mol. The number of carbonyl (C=O) groups is 1. The number of halogens is 6. The Kier molecular flexibility index (Phi) is 4.24. The fraction of sp³-hybridized carbons (Fsp3) is 0.417. The van der Waals surface area contributed by atoms with Gasteiger partial charge in [0.15, 0.2) is 0 Å². The largest absolute Gasteiger partial charge is 0.416 e. The Labute approximate surface area is 123 Å². The minimum atomic E-state index is -4.94. The lowest BCUT2D eigenvalue weighted by Crippen LogP contribution is -2.24. The maximum Gasteiger partial charge on any atom is 0.416 e. The van der Waals surface area contributed by atoms with E-state index in [-0.39, 0.29) is 23.9 Å². The quantitative estimate of drug-likeness (QED) is 0.771. The van der Waals surface area contributed by atoms with Crippen LogP contribution in [0.3, 0.4) is 0 Å². The summed E-state index contributed by atoms with van der Waals surface area (Å²) in [5, 5.41) is -0.786. The summed E-state index contributed by atoms with van der Waals surface area (Å²) in [5.74, 6) is 0.0178. The van der Waals surface area contributed by atoms with Crippen molar-refractivity contribution < 1.29 is 35.3 Å². The zero-order valence-electron chi connectivity index (χ0n) is 10.8. The Hall–Kier alpha value is -1.58. The summed E-state index contributed by atoms with van der Waals surface area (Å²) in [5.41, 5.74) is -3.19. The van der Waals surface area contributed by atoms with Crippen LogP contribution in [0.2, 0.25) is 0 Å². The van der Waals surface area contributed by atoms with Gasteiger partial charge in [-0.05, 0) is 23.8 Å². The van der Waals surface area contributed by atoms with Gasteiger partial charge in [-0.15, -0.1) is 0 Å². The average Bonchev–Trinajstić information content (AvgIpc) is 2.68. The molecule has 1 amide bonds. The third-order valence-electron chi connectivity index (χ3n) is 3.02. The fourth-order valence-electron chi connectivity index (χ4n) is 1.99. The van der Waals surface area contributed by atoms with Crippen molar-refractivity contribution in [1.29, 1.82) is 0 Å². The molecule has 0 saturated carbocycles. The molecular formula is C12H9F6NO2S. The molecule has 10 heteroatoms. The summed E-state index contributed by atoms with van der Waals surface area (Å²) in [4.78, 5) is 12.4. The van der Waals surface area contributed by atoms with E-state index in [1.807, 2.05) is 0 Å². The van der Waals surface area contributed by atoms with E-state index in [0.717, 1.165) is 4.90 Å². The van der Waals surface area contributed by atoms with E-state index in [1.54, 1.807) is 0 Å². The smallest absolute Gasteiger partial charge is 0.326 e. The number of hydrogen-bond acceptors (Lipinski definition) is 2. The molecule has 1 aliphatic heterocycles. The third-order valence-corrected chi connectivity index (χ3v) is 4.22. The van der Waals surface area contributed by atoms with Crippen molar-refractivity contribution in [2.24, 2.45) is 0 Å². The lowest BCUT2D eigenvalue weighted by atomic mass is 10.0. The molecule has 1 fully saturated rings. The predicted octanol–water partition coefficient (Wildman–Crippen LogP) is 3.41. The van der Waals surface area contributed by atoms with Gasteiger partial charge in [0.25, 0.3) is 0 Å². The first-order valence-corrected chi connectivity index (χ1v) is 7.26. The molecule has 1 saturated heterocycles. The first-order valence-electron chi connectivity index (χ1n) is 5.94. The minimum Gasteiger partial charge on any atom is -0.326 e. The highest BCUT2D eigenvalue weighted by Crippen LogP contribution is 2.36. The molecule has 1 aliphatic rings. The molecular weight excluding hydrogens is 336 g/mol. The number of nitrogens with zero attached hydrogens (tertiary/aromatic N) is 1. The first-order chi connectivity index (χ1) is 9.98. The van der Waals surface area contributed by atoms with Gasteiger partial charge in [-0.2, -0.15) is 26.3 Å². The predicted molar refractivity (Wildman–Crippen MR) is 65.3 cm³/mol. The maximum atomic E-state index is 12.7. The Morgan fingerprint density at radius 1 is 1.00 bits per heavy atom. The van der Waals surface area contributed by atoms with Crippen molar-refractivity contribution in [1.82, 2.24) is 4.90 Å². The molecule has 1 atom stereocenters. The Morgan fingerprint density at radius 3 is 1.86 bits per heavy atom. The molecule has 1 heterocycles. The zero-order valence-corrected chi connectivity index (χ0v) is 11.6. The summed E-state index contributed by atoms with van der Waals surface area (Å²) in [7, 11) is -1.77. The molecule has 3 nitrogen and oxygen atoms in total. The van der Waals surface area contributed by atoms with E-state index in [4.69, 9.17) is 0 Å². The molecule has 2 rings (SSSR count). The summed E-state index contributed by atoms with van der Waals surface area (Å²) < 4.78 is 87.3. The molecule has 0 radical (unpaired) electrons. The Balaban J connectivity index is 2.38. The van der Waals surface area contributed by atoms with Crippen molar-refractivity contribution in [3.63, 3.8) is 0 Å². The van der Waals surface area contributed by atoms with Gasteiger partial charge in [0.05, 0.1) is 16.9 Å². The van der Waals surface area contributed by atoms with Gasteiger partial charge >= 0.3 is 17.6 Å². The van der Waals surface area contributed by atoms with Crippen LogP contribution in [0.1, 0.15) is 16.7 Å². The van der Waals surface area contributed by atoms with E-state index in [2.05, 4.69) is 0 Å². The lowest BCUT2D eigenvalue weighted by molar-refractivity contribution is -0.143.